The molecular formula is C17H23N2O8-. The maximum absolute atomic E-state index is 11.6. The number of hydrogen-bond acceptors (Lipinski definition) is 9. The minimum absolute atomic E-state index is 0.0294. The third kappa shape index (κ3) is 4.49. The molecule has 0 aliphatic carbocycles. The molecule has 5 atom stereocenters. The number of carbonyl (C=O) groups is 1. The summed E-state index contributed by atoms with van der Waals surface area (Å²) in [5.74, 6) is -0.923. The number of aliphatic hydroxyl groups is 1. The predicted molar refractivity (Wildman–Crippen MR) is 91.9 cm³/mol. The predicted octanol–water partition coefficient (Wildman–Crippen LogP) is 0.501. The highest BCUT2D eigenvalue weighted by molar-refractivity contribution is 5.73. The third-order valence-corrected chi connectivity index (χ3v) is 4.37. The first-order valence-electron chi connectivity index (χ1n) is 8.51. The largest absolute Gasteiger partial charge is 0.733 e. The molecule has 2 fully saturated rings. The van der Waals surface area contributed by atoms with E-state index in [1.54, 1.807) is 13.8 Å². The zero-order valence-corrected chi connectivity index (χ0v) is 15.2. The Morgan fingerprint density at radius 1 is 1.37 bits per heavy atom. The molecule has 0 saturated carbocycles. The summed E-state index contributed by atoms with van der Waals surface area (Å²) < 4.78 is 23.0. The van der Waals surface area contributed by atoms with Crippen molar-refractivity contribution >= 4 is 11.6 Å². The van der Waals surface area contributed by atoms with E-state index in [1.807, 2.05) is 0 Å². The van der Waals surface area contributed by atoms with Crippen LogP contribution in [0.4, 0.5) is 5.69 Å². The minimum atomic E-state index is -1.09. The summed E-state index contributed by atoms with van der Waals surface area (Å²) in [4.78, 5) is 11.6. The number of amides is 1. The monoisotopic (exact) mass is 383 g/mol. The van der Waals surface area contributed by atoms with Gasteiger partial charge in [-0.3, -0.25) is 10.0 Å². The molecule has 150 valence electrons. The Labute approximate surface area is 156 Å². The lowest BCUT2D eigenvalue weighted by Gasteiger charge is -2.49. The lowest BCUT2D eigenvalue weighted by atomic mass is 9.95. The van der Waals surface area contributed by atoms with E-state index in [0.29, 0.717) is 5.75 Å². The second-order valence-electron chi connectivity index (χ2n) is 6.94. The van der Waals surface area contributed by atoms with Gasteiger partial charge in [-0.25, -0.2) is 0 Å². The Kier molecular flexibility index (Phi) is 5.56. The van der Waals surface area contributed by atoms with Gasteiger partial charge in [0, 0.05) is 6.92 Å². The number of aliphatic hydroxyl groups excluding tert-OH is 1. The molecule has 10 heteroatoms. The van der Waals surface area contributed by atoms with Crippen LogP contribution in [0, 0.1) is 5.21 Å². The normalized spacial score (nSPS) is 32.3. The second-order valence-corrected chi connectivity index (χ2v) is 6.94. The highest BCUT2D eigenvalue weighted by Gasteiger charge is 2.52. The van der Waals surface area contributed by atoms with Crippen molar-refractivity contribution in [3.8, 4) is 5.75 Å². The van der Waals surface area contributed by atoms with Crippen LogP contribution < -0.4 is 15.3 Å². The molecule has 2 aliphatic rings. The first-order valence-corrected chi connectivity index (χ1v) is 8.51. The van der Waals surface area contributed by atoms with Crippen molar-refractivity contribution in [2.24, 2.45) is 0 Å². The maximum atomic E-state index is 11.6. The summed E-state index contributed by atoms with van der Waals surface area (Å²) in [5, 5.41) is 32.9. The van der Waals surface area contributed by atoms with Gasteiger partial charge in [0.15, 0.2) is 5.79 Å². The van der Waals surface area contributed by atoms with Crippen LogP contribution in [-0.2, 0) is 19.0 Å². The molecule has 0 spiro atoms. The van der Waals surface area contributed by atoms with Gasteiger partial charge in [-0.05, 0) is 38.1 Å². The number of nitrogens with zero attached hydrogens (tertiary/aromatic N) is 1. The van der Waals surface area contributed by atoms with Gasteiger partial charge in [-0.2, -0.15) is 0 Å². The number of rotatable bonds is 4. The summed E-state index contributed by atoms with van der Waals surface area (Å²) >= 11 is 0. The highest BCUT2D eigenvalue weighted by atomic mass is 16.8. The summed E-state index contributed by atoms with van der Waals surface area (Å²) in [6.07, 6.45) is -3.38. The van der Waals surface area contributed by atoms with Crippen LogP contribution >= 0.6 is 0 Å². The van der Waals surface area contributed by atoms with Gasteiger partial charge in [-0.1, -0.05) is 0 Å². The van der Waals surface area contributed by atoms with Crippen LogP contribution in [0.15, 0.2) is 24.3 Å². The number of hydrogen-bond donors (Lipinski definition) is 3. The summed E-state index contributed by atoms with van der Waals surface area (Å²) in [6, 6.07) is 4.74. The van der Waals surface area contributed by atoms with Crippen molar-refractivity contribution in [1.82, 2.24) is 5.32 Å². The molecule has 27 heavy (non-hydrogen) atoms. The summed E-state index contributed by atoms with van der Waals surface area (Å²) in [7, 11) is 0. The Balaban J connectivity index is 1.78. The first-order chi connectivity index (χ1) is 12.7. The van der Waals surface area contributed by atoms with Gasteiger partial charge in [0.25, 0.3) is 0 Å². The maximum Gasteiger partial charge on any atom is 0.223 e. The van der Waals surface area contributed by atoms with Gasteiger partial charge < -0.3 is 39.8 Å². The molecule has 5 unspecified atom stereocenters. The molecule has 0 bridgehead atoms. The average molecular weight is 383 g/mol. The molecule has 0 radical (unpaired) electrons. The van der Waals surface area contributed by atoms with Gasteiger partial charge in [-0.15, -0.1) is 0 Å². The van der Waals surface area contributed by atoms with Crippen molar-refractivity contribution in [2.45, 2.75) is 57.2 Å². The molecule has 0 aromatic heterocycles. The molecule has 2 saturated heterocycles. The van der Waals surface area contributed by atoms with Crippen molar-refractivity contribution < 1.29 is 34.1 Å². The molecule has 1 aromatic carbocycles. The highest BCUT2D eigenvalue weighted by Crippen LogP contribution is 2.33. The standard InChI is InChI=1S/C17H23N2O8/c1-9(20)18-13-14(21)15-12(8-24-17(2,3)27-15)26-16(13)25-11-6-4-10(5-7-11)19(22)23/h4-7,12-16,21-22H,8H2,1-3H3,(H,18,20)/q-1. The van der Waals surface area contributed by atoms with Crippen LogP contribution in [0.5, 0.6) is 5.75 Å². The van der Waals surface area contributed by atoms with E-state index < -0.39 is 36.4 Å². The zero-order valence-electron chi connectivity index (χ0n) is 15.2. The SMILES string of the molecule is CC(=O)NC1C(Oc2ccc(N([O-])O)cc2)OC2COC(C)(C)OC2C1O. The van der Waals surface area contributed by atoms with Gasteiger partial charge in [0.2, 0.25) is 12.2 Å². The fraction of sp³-hybridized carbons (Fsp3) is 0.588. The number of carbonyl (C=O) groups excluding carboxylic acids is 1. The van der Waals surface area contributed by atoms with Crippen LogP contribution in [0.3, 0.4) is 0 Å². The van der Waals surface area contributed by atoms with Gasteiger partial charge in [0.1, 0.15) is 30.1 Å². The van der Waals surface area contributed by atoms with Crippen LogP contribution in [-0.4, -0.2) is 59.3 Å². The molecule has 2 heterocycles. The number of fused-ring (bicyclic) bond motifs is 1. The molecule has 3 rings (SSSR count). The topological polar surface area (TPSA) is 133 Å². The fourth-order valence-electron chi connectivity index (χ4n) is 3.12. The molecule has 10 nitrogen and oxygen atoms in total. The van der Waals surface area contributed by atoms with Gasteiger partial charge >= 0.3 is 0 Å². The molecule has 1 aromatic rings. The molecule has 2 aliphatic heterocycles. The fourth-order valence-corrected chi connectivity index (χ4v) is 3.12. The van der Waals surface area contributed by atoms with E-state index in [9.17, 15) is 15.1 Å². The van der Waals surface area contributed by atoms with E-state index in [-0.39, 0.29) is 23.4 Å². The number of nitrogens with one attached hydrogen (secondary N) is 1. The van der Waals surface area contributed by atoms with E-state index in [2.05, 4.69) is 5.32 Å². The average Bonchev–Trinajstić information content (AvgIpc) is 2.59. The third-order valence-electron chi connectivity index (χ3n) is 4.37. The molecule has 1 amide bonds. The van der Waals surface area contributed by atoms with Crippen LogP contribution in [0.2, 0.25) is 0 Å². The quantitative estimate of drug-likeness (QED) is 0.636. The molecular weight excluding hydrogens is 360 g/mol. The molecule has 3 N–H and O–H groups in total. The number of anilines is 1. The smallest absolute Gasteiger partial charge is 0.223 e. The van der Waals surface area contributed by atoms with Crippen LogP contribution in [0.1, 0.15) is 20.8 Å². The van der Waals surface area contributed by atoms with E-state index in [1.165, 1.54) is 31.2 Å². The Bertz CT molecular complexity index is 665. The zero-order chi connectivity index (χ0) is 19.8. The van der Waals surface area contributed by atoms with Crippen molar-refractivity contribution in [3.63, 3.8) is 0 Å². The lowest BCUT2D eigenvalue weighted by Crippen LogP contribution is -2.69. The van der Waals surface area contributed by atoms with Gasteiger partial charge in [0.05, 0.1) is 12.3 Å². The number of ether oxygens (including phenoxy) is 4. The van der Waals surface area contributed by atoms with E-state index in [4.69, 9.17) is 24.2 Å². The van der Waals surface area contributed by atoms with Crippen LogP contribution in [0.25, 0.3) is 0 Å². The Hall–Kier alpha value is -1.95. The van der Waals surface area contributed by atoms with Crippen molar-refractivity contribution in [1.29, 1.82) is 0 Å². The summed E-state index contributed by atoms with van der Waals surface area (Å²) in [6.45, 7) is 4.97. The Morgan fingerprint density at radius 3 is 2.63 bits per heavy atom. The second kappa shape index (κ2) is 7.58. The van der Waals surface area contributed by atoms with E-state index >= 15 is 0 Å². The summed E-state index contributed by atoms with van der Waals surface area (Å²) in [5.41, 5.74) is 0.0294. The van der Waals surface area contributed by atoms with Crippen molar-refractivity contribution in [3.05, 3.63) is 29.5 Å². The minimum Gasteiger partial charge on any atom is -0.733 e. The number of benzene rings is 1. The van der Waals surface area contributed by atoms with Crippen molar-refractivity contribution in [2.75, 3.05) is 11.8 Å². The first kappa shape index (κ1) is 19.8. The Morgan fingerprint density at radius 2 is 2.04 bits per heavy atom. The van der Waals surface area contributed by atoms with E-state index in [0.717, 1.165) is 0 Å². The lowest BCUT2D eigenvalue weighted by molar-refractivity contribution is -0.361.